The minimum Gasteiger partial charge on any atom is -0.359 e. The zero-order valence-electron chi connectivity index (χ0n) is 10.3. The van der Waals surface area contributed by atoms with E-state index in [0.717, 1.165) is 30.6 Å². The van der Waals surface area contributed by atoms with E-state index in [9.17, 15) is 4.79 Å². The normalized spacial score (nSPS) is 44.7. The fourth-order valence-electron chi connectivity index (χ4n) is 5.10. The summed E-state index contributed by atoms with van der Waals surface area (Å²) in [6.45, 7) is 0. The molecule has 0 unspecified atom stereocenters. The third-order valence-electron chi connectivity index (χ3n) is 5.33. The van der Waals surface area contributed by atoms with Crippen LogP contribution in [0.3, 0.4) is 0 Å². The maximum absolute atomic E-state index is 11.4. The third kappa shape index (κ3) is 1.76. The molecule has 4 bridgehead atoms. The van der Waals surface area contributed by atoms with Gasteiger partial charge in [0.2, 0.25) is 5.91 Å². The van der Waals surface area contributed by atoms with Crippen LogP contribution in [0.5, 0.6) is 0 Å². The highest BCUT2D eigenvalue weighted by Crippen LogP contribution is 2.61. The van der Waals surface area contributed by atoms with Gasteiger partial charge in [0.15, 0.2) is 0 Å². The van der Waals surface area contributed by atoms with Gasteiger partial charge in [-0.1, -0.05) is 0 Å². The summed E-state index contributed by atoms with van der Waals surface area (Å²) in [5, 5.41) is 2.76. The maximum atomic E-state index is 11.4. The second-order valence-electron chi connectivity index (χ2n) is 6.59. The number of hydrogen-bond donors (Lipinski definition) is 1. The van der Waals surface area contributed by atoms with Crippen molar-refractivity contribution in [1.29, 1.82) is 0 Å². The van der Waals surface area contributed by atoms with Crippen LogP contribution in [-0.2, 0) is 4.79 Å². The SMILES string of the molecule is CNC(=O)CCC12CC3CC(CC(C3)C1)C2. The zero-order valence-corrected chi connectivity index (χ0v) is 10.3. The Bertz CT molecular complexity index is 262. The molecular weight excluding hydrogens is 198 g/mol. The summed E-state index contributed by atoms with van der Waals surface area (Å²) in [4.78, 5) is 11.4. The molecule has 4 aliphatic carbocycles. The minimum atomic E-state index is 0.232. The predicted molar refractivity (Wildman–Crippen MR) is 63.9 cm³/mol. The summed E-state index contributed by atoms with van der Waals surface area (Å²) in [6, 6.07) is 0. The van der Waals surface area contributed by atoms with Crippen molar-refractivity contribution in [3.63, 3.8) is 0 Å². The molecule has 4 rings (SSSR count). The largest absolute Gasteiger partial charge is 0.359 e. The highest BCUT2D eigenvalue weighted by atomic mass is 16.1. The van der Waals surface area contributed by atoms with E-state index in [1.807, 2.05) is 0 Å². The molecule has 0 heterocycles. The van der Waals surface area contributed by atoms with Crippen molar-refractivity contribution in [2.24, 2.45) is 23.2 Å². The summed E-state index contributed by atoms with van der Waals surface area (Å²) in [6.07, 6.45) is 10.7. The third-order valence-corrected chi connectivity index (χ3v) is 5.33. The summed E-state index contributed by atoms with van der Waals surface area (Å²) in [5.74, 6) is 3.26. The molecule has 0 saturated heterocycles. The molecule has 16 heavy (non-hydrogen) atoms. The van der Waals surface area contributed by atoms with Crippen LogP contribution in [0.15, 0.2) is 0 Å². The van der Waals surface area contributed by atoms with Crippen molar-refractivity contribution >= 4 is 5.91 Å². The molecule has 2 heteroatoms. The molecule has 4 fully saturated rings. The molecule has 1 N–H and O–H groups in total. The highest BCUT2D eigenvalue weighted by Gasteiger charge is 2.50. The summed E-state index contributed by atoms with van der Waals surface area (Å²) < 4.78 is 0. The number of carbonyl (C=O) groups is 1. The molecule has 0 aromatic carbocycles. The van der Waals surface area contributed by atoms with E-state index in [1.54, 1.807) is 7.05 Å². The topological polar surface area (TPSA) is 29.1 Å². The Morgan fingerprint density at radius 3 is 2.06 bits per heavy atom. The number of amides is 1. The predicted octanol–water partition coefficient (Wildman–Crippen LogP) is 2.73. The Hall–Kier alpha value is -0.530. The van der Waals surface area contributed by atoms with Crippen molar-refractivity contribution in [3.05, 3.63) is 0 Å². The van der Waals surface area contributed by atoms with Crippen LogP contribution in [0.1, 0.15) is 51.4 Å². The van der Waals surface area contributed by atoms with Gasteiger partial charge < -0.3 is 5.32 Å². The van der Waals surface area contributed by atoms with Gasteiger partial charge >= 0.3 is 0 Å². The van der Waals surface area contributed by atoms with E-state index in [2.05, 4.69) is 5.32 Å². The van der Waals surface area contributed by atoms with Crippen LogP contribution >= 0.6 is 0 Å². The Kier molecular flexibility index (Phi) is 2.49. The lowest BCUT2D eigenvalue weighted by molar-refractivity contribution is -0.123. The molecule has 0 aliphatic heterocycles. The second kappa shape index (κ2) is 3.75. The number of rotatable bonds is 3. The molecule has 90 valence electrons. The van der Waals surface area contributed by atoms with Gasteiger partial charge in [0, 0.05) is 13.5 Å². The van der Waals surface area contributed by atoms with Crippen molar-refractivity contribution in [2.75, 3.05) is 7.05 Å². The summed E-state index contributed by atoms with van der Waals surface area (Å²) in [5.41, 5.74) is 0.571. The Balaban J connectivity index is 1.67. The number of hydrogen-bond acceptors (Lipinski definition) is 1. The van der Waals surface area contributed by atoms with Crippen LogP contribution in [0, 0.1) is 23.2 Å². The van der Waals surface area contributed by atoms with E-state index in [1.165, 1.54) is 38.5 Å². The smallest absolute Gasteiger partial charge is 0.219 e. The van der Waals surface area contributed by atoms with E-state index >= 15 is 0 Å². The molecule has 4 saturated carbocycles. The van der Waals surface area contributed by atoms with Crippen molar-refractivity contribution in [1.82, 2.24) is 5.32 Å². The average molecular weight is 221 g/mol. The number of nitrogens with one attached hydrogen (secondary N) is 1. The second-order valence-corrected chi connectivity index (χ2v) is 6.59. The molecule has 0 aromatic heterocycles. The van der Waals surface area contributed by atoms with E-state index in [-0.39, 0.29) is 5.91 Å². The van der Waals surface area contributed by atoms with Gasteiger partial charge in [-0.25, -0.2) is 0 Å². The lowest BCUT2D eigenvalue weighted by Crippen LogP contribution is -2.46. The van der Waals surface area contributed by atoms with Gasteiger partial charge in [0.05, 0.1) is 0 Å². The molecule has 2 nitrogen and oxygen atoms in total. The monoisotopic (exact) mass is 221 g/mol. The lowest BCUT2D eigenvalue weighted by Gasteiger charge is -2.57. The maximum Gasteiger partial charge on any atom is 0.219 e. The van der Waals surface area contributed by atoms with Crippen LogP contribution in [0.2, 0.25) is 0 Å². The molecule has 0 aromatic rings. The van der Waals surface area contributed by atoms with Gasteiger partial charge in [-0.3, -0.25) is 4.79 Å². The molecular formula is C14H23NO. The summed E-state index contributed by atoms with van der Waals surface area (Å²) in [7, 11) is 1.75. The van der Waals surface area contributed by atoms with Crippen molar-refractivity contribution < 1.29 is 4.79 Å². The fraction of sp³-hybridized carbons (Fsp3) is 0.929. The Morgan fingerprint density at radius 2 is 1.62 bits per heavy atom. The average Bonchev–Trinajstić information content (AvgIpc) is 2.24. The van der Waals surface area contributed by atoms with E-state index in [0.29, 0.717) is 5.41 Å². The quantitative estimate of drug-likeness (QED) is 0.780. The van der Waals surface area contributed by atoms with Crippen molar-refractivity contribution in [3.8, 4) is 0 Å². The van der Waals surface area contributed by atoms with Gasteiger partial charge in [-0.2, -0.15) is 0 Å². The van der Waals surface area contributed by atoms with E-state index < -0.39 is 0 Å². The van der Waals surface area contributed by atoms with Crippen molar-refractivity contribution in [2.45, 2.75) is 51.4 Å². The first-order chi connectivity index (χ1) is 7.69. The zero-order chi connectivity index (χ0) is 11.2. The minimum absolute atomic E-state index is 0.232. The summed E-state index contributed by atoms with van der Waals surface area (Å²) >= 11 is 0. The Labute approximate surface area is 98.2 Å². The highest BCUT2D eigenvalue weighted by molar-refractivity contribution is 5.75. The Morgan fingerprint density at radius 1 is 1.12 bits per heavy atom. The van der Waals surface area contributed by atoms with Gasteiger partial charge in [-0.15, -0.1) is 0 Å². The van der Waals surface area contributed by atoms with Crippen LogP contribution in [0.4, 0.5) is 0 Å². The molecule has 0 atom stereocenters. The van der Waals surface area contributed by atoms with Gasteiger partial charge in [0.25, 0.3) is 0 Å². The van der Waals surface area contributed by atoms with Crippen LogP contribution in [0.25, 0.3) is 0 Å². The van der Waals surface area contributed by atoms with Crippen LogP contribution in [-0.4, -0.2) is 13.0 Å². The van der Waals surface area contributed by atoms with Crippen LogP contribution < -0.4 is 5.32 Å². The molecule has 0 spiro atoms. The fourth-order valence-corrected chi connectivity index (χ4v) is 5.10. The first-order valence-corrected chi connectivity index (χ1v) is 6.90. The van der Waals surface area contributed by atoms with Gasteiger partial charge in [-0.05, 0) is 68.1 Å². The molecule has 0 radical (unpaired) electrons. The van der Waals surface area contributed by atoms with E-state index in [4.69, 9.17) is 0 Å². The molecule has 4 aliphatic rings. The molecule has 1 amide bonds. The number of carbonyl (C=O) groups excluding carboxylic acids is 1. The van der Waals surface area contributed by atoms with Gasteiger partial charge in [0.1, 0.15) is 0 Å². The first-order valence-electron chi connectivity index (χ1n) is 6.90. The standard InChI is InChI=1S/C14H23NO/c1-15-13(16)2-3-14-7-10-4-11(8-14)6-12(5-10)9-14/h10-12H,2-9H2,1H3,(H,15,16). The lowest BCUT2D eigenvalue weighted by atomic mass is 9.48. The first kappa shape index (κ1) is 10.6.